The van der Waals surface area contributed by atoms with Crippen molar-refractivity contribution >= 4 is 34.3 Å². The quantitative estimate of drug-likeness (QED) is 0.676. The average molecular weight is 295 g/mol. The van der Waals surface area contributed by atoms with Gasteiger partial charge >= 0.3 is 0 Å². The molecule has 0 saturated carbocycles. The number of thiazole rings is 1. The van der Waals surface area contributed by atoms with E-state index in [1.165, 1.54) is 11.3 Å². The maximum atomic E-state index is 9.32. The van der Waals surface area contributed by atoms with Gasteiger partial charge in [0, 0.05) is 17.8 Å². The van der Waals surface area contributed by atoms with Crippen molar-refractivity contribution in [3.63, 3.8) is 0 Å². The first kappa shape index (κ1) is 12.7. The highest BCUT2D eigenvalue weighted by atomic mass is 32.1. The van der Waals surface area contributed by atoms with E-state index in [4.69, 9.17) is 0 Å². The van der Waals surface area contributed by atoms with Gasteiger partial charge in [-0.25, -0.2) is 4.98 Å². The minimum atomic E-state index is 0.573. The van der Waals surface area contributed by atoms with Gasteiger partial charge in [0.25, 0.3) is 0 Å². The number of aromatic nitrogens is 2. The first-order valence-electron chi connectivity index (χ1n) is 5.88. The number of nitrogens with zero attached hydrogens (tertiary/aromatic N) is 3. The van der Waals surface area contributed by atoms with Gasteiger partial charge in [-0.05, 0) is 35.2 Å². The largest absolute Gasteiger partial charge is 0.265 e. The molecule has 0 spiro atoms. The van der Waals surface area contributed by atoms with Crippen LogP contribution in [0.25, 0.3) is 22.2 Å². The Bertz CT molecular complexity index is 765. The third kappa shape index (κ3) is 2.67. The number of hydrogen-bond acceptors (Lipinski definition) is 5. The van der Waals surface area contributed by atoms with E-state index in [-0.39, 0.29) is 0 Å². The van der Waals surface area contributed by atoms with E-state index in [0.717, 1.165) is 21.1 Å². The normalized spacial score (nSPS) is 11.2. The molecule has 0 aliphatic heterocycles. The zero-order valence-electron chi connectivity index (χ0n) is 10.4. The van der Waals surface area contributed by atoms with Crippen molar-refractivity contribution in [1.29, 1.82) is 5.26 Å². The van der Waals surface area contributed by atoms with Crippen molar-refractivity contribution in [2.75, 3.05) is 0 Å². The molecule has 0 amide bonds. The standard InChI is InChI=1S/C15H9N3S2/c16-9-12(8-11-3-5-17-6-4-11)15-18-13(10-20-15)14-2-1-7-19-14/h1-8,10H/b12-8+. The van der Waals surface area contributed by atoms with Crippen LogP contribution in [-0.4, -0.2) is 9.97 Å². The summed E-state index contributed by atoms with van der Waals surface area (Å²) < 4.78 is 0. The number of pyridine rings is 1. The SMILES string of the molecule is N#C/C(=C\c1ccncc1)c1nc(-c2cccs2)cs1. The number of allylic oxidation sites excluding steroid dienone is 1. The minimum Gasteiger partial charge on any atom is -0.265 e. The van der Waals surface area contributed by atoms with Gasteiger partial charge < -0.3 is 0 Å². The number of nitriles is 1. The van der Waals surface area contributed by atoms with Crippen LogP contribution >= 0.6 is 22.7 Å². The van der Waals surface area contributed by atoms with E-state index in [9.17, 15) is 5.26 Å². The number of rotatable bonds is 3. The fourth-order valence-corrected chi connectivity index (χ4v) is 3.25. The van der Waals surface area contributed by atoms with Crippen LogP contribution in [-0.2, 0) is 0 Å². The number of hydrogen-bond donors (Lipinski definition) is 0. The first-order chi connectivity index (χ1) is 9.86. The van der Waals surface area contributed by atoms with E-state index in [0.29, 0.717) is 5.57 Å². The lowest BCUT2D eigenvalue weighted by Crippen LogP contribution is -1.82. The summed E-state index contributed by atoms with van der Waals surface area (Å²) >= 11 is 3.14. The molecule has 0 radical (unpaired) electrons. The molecule has 96 valence electrons. The molecule has 0 aliphatic carbocycles. The molecule has 0 N–H and O–H groups in total. The van der Waals surface area contributed by atoms with E-state index < -0.39 is 0 Å². The Morgan fingerprint density at radius 2 is 2.05 bits per heavy atom. The molecule has 20 heavy (non-hydrogen) atoms. The van der Waals surface area contributed by atoms with Crippen LogP contribution in [0.5, 0.6) is 0 Å². The first-order valence-corrected chi connectivity index (χ1v) is 7.64. The Balaban J connectivity index is 1.95. The van der Waals surface area contributed by atoms with Crippen LogP contribution in [0.2, 0.25) is 0 Å². The van der Waals surface area contributed by atoms with Crippen LogP contribution < -0.4 is 0 Å². The Morgan fingerprint density at radius 1 is 1.20 bits per heavy atom. The summed E-state index contributed by atoms with van der Waals surface area (Å²) in [5, 5.41) is 14.1. The molecule has 0 unspecified atom stereocenters. The molecule has 3 heterocycles. The van der Waals surface area contributed by atoms with Gasteiger partial charge in [0.15, 0.2) is 0 Å². The summed E-state index contributed by atoms with van der Waals surface area (Å²) in [5.41, 5.74) is 2.45. The Labute approximate surface area is 124 Å². The molecule has 3 nitrogen and oxygen atoms in total. The van der Waals surface area contributed by atoms with Crippen LogP contribution in [0.3, 0.4) is 0 Å². The molecule has 3 aromatic rings. The third-order valence-electron chi connectivity index (χ3n) is 2.65. The second-order valence-electron chi connectivity index (χ2n) is 3.97. The fourth-order valence-electron chi connectivity index (χ4n) is 1.70. The molecular weight excluding hydrogens is 286 g/mol. The summed E-state index contributed by atoms with van der Waals surface area (Å²) in [6.45, 7) is 0. The smallest absolute Gasteiger partial charge is 0.134 e. The highest BCUT2D eigenvalue weighted by molar-refractivity contribution is 7.14. The summed E-state index contributed by atoms with van der Waals surface area (Å²) in [7, 11) is 0. The lowest BCUT2D eigenvalue weighted by Gasteiger charge is -1.94. The van der Waals surface area contributed by atoms with Crippen LogP contribution in [0.15, 0.2) is 47.4 Å². The molecule has 0 bridgehead atoms. The maximum Gasteiger partial charge on any atom is 0.134 e. The van der Waals surface area contributed by atoms with Gasteiger partial charge in [-0.2, -0.15) is 5.26 Å². The molecule has 0 atom stereocenters. The molecule has 3 rings (SSSR count). The van der Waals surface area contributed by atoms with Gasteiger partial charge in [-0.1, -0.05) is 6.07 Å². The maximum absolute atomic E-state index is 9.32. The predicted molar refractivity (Wildman–Crippen MR) is 83.1 cm³/mol. The topological polar surface area (TPSA) is 49.6 Å². The van der Waals surface area contributed by atoms with Crippen molar-refractivity contribution < 1.29 is 0 Å². The summed E-state index contributed by atoms with van der Waals surface area (Å²) in [5.74, 6) is 0. The zero-order chi connectivity index (χ0) is 13.8. The number of thiophene rings is 1. The second-order valence-corrected chi connectivity index (χ2v) is 5.77. The third-order valence-corrected chi connectivity index (χ3v) is 4.41. The van der Waals surface area contributed by atoms with Gasteiger partial charge in [0.1, 0.15) is 11.1 Å². The second kappa shape index (κ2) is 5.78. The van der Waals surface area contributed by atoms with Crippen molar-refractivity contribution in [2.24, 2.45) is 0 Å². The minimum absolute atomic E-state index is 0.573. The van der Waals surface area contributed by atoms with Crippen molar-refractivity contribution in [2.45, 2.75) is 0 Å². The summed E-state index contributed by atoms with van der Waals surface area (Å²) in [6, 6.07) is 9.98. The lowest BCUT2D eigenvalue weighted by molar-refractivity contribution is 1.32. The van der Waals surface area contributed by atoms with E-state index in [2.05, 4.69) is 16.0 Å². The van der Waals surface area contributed by atoms with Gasteiger partial charge in [0.05, 0.1) is 16.1 Å². The van der Waals surface area contributed by atoms with Crippen LogP contribution in [0.4, 0.5) is 0 Å². The Morgan fingerprint density at radius 3 is 2.75 bits per heavy atom. The molecule has 5 heteroatoms. The summed E-state index contributed by atoms with van der Waals surface area (Å²) in [6.07, 6.45) is 5.25. The van der Waals surface area contributed by atoms with E-state index >= 15 is 0 Å². The average Bonchev–Trinajstić information content (AvgIpc) is 3.16. The molecule has 3 aromatic heterocycles. The monoisotopic (exact) mass is 295 g/mol. The molecule has 0 aliphatic rings. The van der Waals surface area contributed by atoms with Crippen LogP contribution in [0, 0.1) is 11.3 Å². The predicted octanol–water partition coefficient (Wildman–Crippen LogP) is 4.33. The van der Waals surface area contributed by atoms with E-state index in [1.807, 2.05) is 41.1 Å². The van der Waals surface area contributed by atoms with Crippen molar-refractivity contribution in [1.82, 2.24) is 9.97 Å². The van der Waals surface area contributed by atoms with Crippen molar-refractivity contribution in [3.8, 4) is 16.6 Å². The Kier molecular flexibility index (Phi) is 3.68. The fraction of sp³-hybridized carbons (Fsp3) is 0. The van der Waals surface area contributed by atoms with Gasteiger partial charge in [0.2, 0.25) is 0 Å². The van der Waals surface area contributed by atoms with Gasteiger partial charge in [-0.3, -0.25) is 4.98 Å². The highest BCUT2D eigenvalue weighted by Gasteiger charge is 2.09. The molecule has 0 saturated heterocycles. The molecule has 0 aromatic carbocycles. The van der Waals surface area contributed by atoms with Crippen molar-refractivity contribution in [3.05, 3.63) is 58.0 Å². The molecular formula is C15H9N3S2. The van der Waals surface area contributed by atoms with Gasteiger partial charge in [-0.15, -0.1) is 22.7 Å². The zero-order valence-corrected chi connectivity index (χ0v) is 12.0. The highest BCUT2D eigenvalue weighted by Crippen LogP contribution is 2.29. The Hall–Kier alpha value is -2.29. The summed E-state index contributed by atoms with van der Waals surface area (Å²) in [4.78, 5) is 9.63. The molecule has 0 fully saturated rings. The van der Waals surface area contributed by atoms with E-state index in [1.54, 1.807) is 23.7 Å². The lowest BCUT2D eigenvalue weighted by atomic mass is 10.2. The van der Waals surface area contributed by atoms with Crippen LogP contribution in [0.1, 0.15) is 10.6 Å².